The highest BCUT2D eigenvalue weighted by atomic mass is 32.1. The minimum Gasteiger partial charge on any atom is -0.362 e. The van der Waals surface area contributed by atoms with Crippen molar-refractivity contribution in [2.45, 2.75) is 52.1 Å². The van der Waals surface area contributed by atoms with E-state index >= 15 is 0 Å². The molecule has 1 aliphatic heterocycles. The van der Waals surface area contributed by atoms with Crippen molar-refractivity contribution in [3.8, 4) is 0 Å². The summed E-state index contributed by atoms with van der Waals surface area (Å²) in [6.45, 7) is 6.52. The van der Waals surface area contributed by atoms with Gasteiger partial charge in [0, 0.05) is 27.5 Å². The van der Waals surface area contributed by atoms with Gasteiger partial charge in [-0.15, -0.1) is 11.3 Å². The molecule has 2 aromatic rings. The van der Waals surface area contributed by atoms with E-state index in [1.807, 2.05) is 13.0 Å². The number of aryl methyl sites for hydroxylation is 1. The van der Waals surface area contributed by atoms with Crippen molar-refractivity contribution in [2.24, 2.45) is 0 Å². The lowest BCUT2D eigenvalue weighted by atomic mass is 9.97. The number of fused-ring (bicyclic) bond motifs is 1. The first-order valence-electron chi connectivity index (χ1n) is 7.38. The summed E-state index contributed by atoms with van der Waals surface area (Å²) >= 11 is 1.68. The van der Waals surface area contributed by atoms with E-state index in [1.165, 1.54) is 19.3 Å². The van der Waals surface area contributed by atoms with Gasteiger partial charge >= 0.3 is 0 Å². The van der Waals surface area contributed by atoms with Gasteiger partial charge in [-0.3, -0.25) is 4.79 Å². The normalized spacial score (nSPS) is 23.2. The maximum Gasteiger partial charge on any atom is 0.211 e. The molecule has 0 spiro atoms. The fourth-order valence-corrected chi connectivity index (χ4v) is 4.20. The fraction of sp³-hybridized carbons (Fsp3) is 0.471. The standard InChI is InChI=1S/C17H21NOS/c1-11-7-8-16-14(9-11)17(19)15(10-20-16)18-12(2)5-4-6-13(18)3/h7-10,12-13H,4-6H2,1-3H3/t12-,13+. The molecule has 2 atom stereocenters. The molecule has 0 saturated carbocycles. The van der Waals surface area contributed by atoms with E-state index in [0.717, 1.165) is 21.3 Å². The van der Waals surface area contributed by atoms with Crippen molar-refractivity contribution in [3.05, 3.63) is 39.4 Å². The first-order valence-corrected chi connectivity index (χ1v) is 8.26. The summed E-state index contributed by atoms with van der Waals surface area (Å²) < 4.78 is 1.08. The Bertz CT molecular complexity index is 681. The highest BCUT2D eigenvalue weighted by Gasteiger charge is 2.27. The number of hydrogen-bond acceptors (Lipinski definition) is 3. The van der Waals surface area contributed by atoms with Crippen LogP contribution in [-0.4, -0.2) is 12.1 Å². The van der Waals surface area contributed by atoms with Crippen molar-refractivity contribution < 1.29 is 0 Å². The summed E-state index contributed by atoms with van der Waals surface area (Å²) in [6, 6.07) is 7.08. The van der Waals surface area contributed by atoms with Crippen molar-refractivity contribution in [2.75, 3.05) is 4.90 Å². The first-order chi connectivity index (χ1) is 9.58. The zero-order valence-corrected chi connectivity index (χ0v) is 13.2. The first kappa shape index (κ1) is 13.6. The lowest BCUT2D eigenvalue weighted by molar-refractivity contribution is 0.414. The molecule has 1 aromatic heterocycles. The molecule has 0 bridgehead atoms. The highest BCUT2D eigenvalue weighted by molar-refractivity contribution is 7.16. The van der Waals surface area contributed by atoms with E-state index in [0.29, 0.717) is 12.1 Å². The average Bonchev–Trinajstić information content (AvgIpc) is 2.41. The molecule has 0 radical (unpaired) electrons. The van der Waals surface area contributed by atoms with Crippen molar-refractivity contribution in [1.29, 1.82) is 0 Å². The number of nitrogens with zero attached hydrogens (tertiary/aromatic N) is 1. The summed E-state index contributed by atoms with van der Waals surface area (Å²) in [5.74, 6) is 0. The predicted octanol–water partition coefficient (Wildman–Crippen LogP) is 4.34. The summed E-state index contributed by atoms with van der Waals surface area (Å²) in [6.07, 6.45) is 3.63. The Labute approximate surface area is 124 Å². The van der Waals surface area contributed by atoms with Crippen molar-refractivity contribution >= 4 is 27.1 Å². The molecule has 1 aliphatic rings. The Morgan fingerprint density at radius 3 is 2.60 bits per heavy atom. The number of benzene rings is 1. The molecule has 0 amide bonds. The molecule has 0 aliphatic carbocycles. The Kier molecular flexibility index (Phi) is 3.55. The summed E-state index contributed by atoms with van der Waals surface area (Å²) in [4.78, 5) is 15.2. The maximum atomic E-state index is 12.8. The number of rotatable bonds is 1. The van der Waals surface area contributed by atoms with Crippen LogP contribution in [0.1, 0.15) is 38.7 Å². The number of piperidine rings is 1. The van der Waals surface area contributed by atoms with Gasteiger partial charge in [0.2, 0.25) is 5.43 Å². The zero-order chi connectivity index (χ0) is 14.3. The van der Waals surface area contributed by atoms with Crippen LogP contribution in [0.2, 0.25) is 0 Å². The van der Waals surface area contributed by atoms with Gasteiger partial charge in [-0.25, -0.2) is 0 Å². The minimum atomic E-state index is 0.197. The van der Waals surface area contributed by atoms with Gasteiger partial charge in [0.25, 0.3) is 0 Å². The molecule has 2 nitrogen and oxygen atoms in total. The topological polar surface area (TPSA) is 20.3 Å². The van der Waals surface area contributed by atoms with Crippen LogP contribution < -0.4 is 10.3 Å². The molecule has 106 valence electrons. The number of anilines is 1. The molecule has 3 rings (SSSR count). The van der Waals surface area contributed by atoms with Gasteiger partial charge in [0.1, 0.15) is 0 Å². The van der Waals surface area contributed by atoms with Crippen LogP contribution in [0, 0.1) is 6.92 Å². The largest absolute Gasteiger partial charge is 0.362 e. The molecule has 1 fully saturated rings. The minimum absolute atomic E-state index is 0.197. The van der Waals surface area contributed by atoms with Gasteiger partial charge < -0.3 is 4.90 Å². The second-order valence-electron chi connectivity index (χ2n) is 5.99. The van der Waals surface area contributed by atoms with Crippen molar-refractivity contribution in [3.63, 3.8) is 0 Å². The van der Waals surface area contributed by atoms with E-state index in [-0.39, 0.29) is 5.43 Å². The van der Waals surface area contributed by atoms with Crippen LogP contribution in [0.15, 0.2) is 28.4 Å². The van der Waals surface area contributed by atoms with E-state index < -0.39 is 0 Å². The lowest BCUT2D eigenvalue weighted by Gasteiger charge is -2.40. The van der Waals surface area contributed by atoms with Crippen LogP contribution >= 0.6 is 11.3 Å². The second kappa shape index (κ2) is 5.21. The van der Waals surface area contributed by atoms with Crippen LogP contribution in [0.25, 0.3) is 10.1 Å². The summed E-state index contributed by atoms with van der Waals surface area (Å²) in [7, 11) is 0. The lowest BCUT2D eigenvalue weighted by Crippen LogP contribution is -2.45. The third-order valence-corrected chi connectivity index (χ3v) is 5.33. The third-order valence-electron chi connectivity index (χ3n) is 4.38. The summed E-state index contributed by atoms with van der Waals surface area (Å²) in [5.41, 5.74) is 2.24. The Morgan fingerprint density at radius 2 is 1.90 bits per heavy atom. The average molecular weight is 287 g/mol. The molecular formula is C17H21NOS. The van der Waals surface area contributed by atoms with Crippen LogP contribution in [0.4, 0.5) is 5.69 Å². The smallest absolute Gasteiger partial charge is 0.211 e. The molecule has 0 N–H and O–H groups in total. The zero-order valence-electron chi connectivity index (χ0n) is 12.3. The summed E-state index contributed by atoms with van der Waals surface area (Å²) in [5, 5.41) is 2.93. The highest BCUT2D eigenvalue weighted by Crippen LogP contribution is 2.30. The second-order valence-corrected chi connectivity index (χ2v) is 6.90. The van der Waals surface area contributed by atoms with Gasteiger partial charge in [0.05, 0.1) is 5.69 Å². The van der Waals surface area contributed by atoms with Gasteiger partial charge in [-0.2, -0.15) is 0 Å². The van der Waals surface area contributed by atoms with Crippen LogP contribution in [0.5, 0.6) is 0 Å². The molecule has 1 saturated heterocycles. The third kappa shape index (κ3) is 2.24. The fourth-order valence-electron chi connectivity index (χ4n) is 3.31. The molecule has 1 aromatic carbocycles. The Balaban J connectivity index is 2.16. The quantitative estimate of drug-likeness (QED) is 0.777. The number of hydrogen-bond donors (Lipinski definition) is 0. The molecule has 3 heteroatoms. The Hall–Kier alpha value is -1.35. The van der Waals surface area contributed by atoms with Crippen molar-refractivity contribution in [1.82, 2.24) is 0 Å². The Morgan fingerprint density at radius 1 is 1.20 bits per heavy atom. The molecular weight excluding hydrogens is 266 g/mol. The SMILES string of the molecule is Cc1ccc2scc(N3[C@H](C)CCC[C@@H]3C)c(=O)c2c1. The van der Waals surface area contributed by atoms with E-state index in [2.05, 4.69) is 36.3 Å². The van der Waals surface area contributed by atoms with Crippen LogP contribution in [-0.2, 0) is 0 Å². The monoisotopic (exact) mass is 287 g/mol. The molecule has 2 heterocycles. The van der Waals surface area contributed by atoms with E-state index in [4.69, 9.17) is 0 Å². The van der Waals surface area contributed by atoms with E-state index in [9.17, 15) is 4.79 Å². The molecule has 20 heavy (non-hydrogen) atoms. The van der Waals surface area contributed by atoms with Crippen LogP contribution in [0.3, 0.4) is 0 Å². The van der Waals surface area contributed by atoms with Gasteiger partial charge in [0.15, 0.2) is 0 Å². The van der Waals surface area contributed by atoms with Gasteiger partial charge in [-0.05, 0) is 52.2 Å². The molecule has 0 unspecified atom stereocenters. The van der Waals surface area contributed by atoms with E-state index in [1.54, 1.807) is 11.3 Å². The predicted molar refractivity (Wildman–Crippen MR) is 88.1 cm³/mol. The maximum absolute atomic E-state index is 12.8. The van der Waals surface area contributed by atoms with Gasteiger partial charge in [-0.1, -0.05) is 11.6 Å².